The normalized spacial score (nSPS) is 10.7. The van der Waals surface area contributed by atoms with Crippen molar-refractivity contribution in [1.29, 1.82) is 0 Å². The first-order valence-electron chi connectivity index (χ1n) is 7.47. The van der Waals surface area contributed by atoms with Crippen molar-refractivity contribution in [3.05, 3.63) is 60.1 Å². The van der Waals surface area contributed by atoms with Crippen LogP contribution < -0.4 is 0 Å². The molecule has 0 aromatic carbocycles. The summed E-state index contributed by atoms with van der Waals surface area (Å²) < 4.78 is 5.31. The Kier molecular flexibility index (Phi) is 4.57. The quantitative estimate of drug-likeness (QED) is 0.635. The molecule has 0 aliphatic rings. The zero-order valence-electron chi connectivity index (χ0n) is 13.4. The average molecular weight is 339 g/mol. The second-order valence-electron chi connectivity index (χ2n) is 5.27. The van der Waals surface area contributed by atoms with Gasteiger partial charge < -0.3 is 9.42 Å². The molecule has 0 atom stereocenters. The van der Waals surface area contributed by atoms with Gasteiger partial charge in [0.05, 0.1) is 27.2 Å². The molecule has 1 amide bonds. The maximum absolute atomic E-state index is 13.0. The molecule has 0 bridgehead atoms. The number of carbonyl (C=O) groups is 1. The van der Waals surface area contributed by atoms with E-state index in [4.69, 9.17) is 4.52 Å². The zero-order chi connectivity index (χ0) is 17.1. The summed E-state index contributed by atoms with van der Waals surface area (Å²) in [6, 6.07) is 5.71. The number of pyridine rings is 1. The Morgan fingerprint density at radius 3 is 2.75 bits per heavy atom. The highest BCUT2D eigenvalue weighted by atomic mass is 32.1. The molecule has 24 heavy (non-hydrogen) atoms. The zero-order valence-corrected chi connectivity index (χ0v) is 14.2. The van der Waals surface area contributed by atoms with E-state index in [-0.39, 0.29) is 5.91 Å². The van der Waals surface area contributed by atoms with Crippen LogP contribution in [0.3, 0.4) is 0 Å². The highest BCUT2D eigenvalue weighted by Gasteiger charge is 2.22. The minimum absolute atomic E-state index is 0.119. The van der Waals surface area contributed by atoms with Crippen LogP contribution >= 0.6 is 11.3 Å². The molecule has 6 heteroatoms. The number of aryl methyl sites for hydroxylation is 1. The van der Waals surface area contributed by atoms with Crippen LogP contribution in [0.4, 0.5) is 0 Å². The highest BCUT2D eigenvalue weighted by molar-refractivity contribution is 7.13. The Morgan fingerprint density at radius 1 is 1.38 bits per heavy atom. The van der Waals surface area contributed by atoms with Gasteiger partial charge in [-0.3, -0.25) is 4.79 Å². The number of amides is 1. The Labute approximate surface area is 143 Å². The first kappa shape index (κ1) is 16.1. The summed E-state index contributed by atoms with van der Waals surface area (Å²) in [6.07, 6.45) is 3.39. The first-order valence-corrected chi connectivity index (χ1v) is 8.35. The lowest BCUT2D eigenvalue weighted by molar-refractivity contribution is 0.0792. The van der Waals surface area contributed by atoms with Gasteiger partial charge in [0.15, 0.2) is 0 Å². The highest BCUT2D eigenvalue weighted by Crippen LogP contribution is 2.30. The molecule has 0 radical (unpaired) electrons. The van der Waals surface area contributed by atoms with Gasteiger partial charge in [-0.25, -0.2) is 4.98 Å². The molecule has 0 aliphatic carbocycles. The number of hydrogen-bond acceptors (Lipinski definition) is 5. The summed E-state index contributed by atoms with van der Waals surface area (Å²) in [7, 11) is 0. The van der Waals surface area contributed by atoms with E-state index in [0.717, 1.165) is 4.88 Å². The van der Waals surface area contributed by atoms with Crippen LogP contribution in [0.1, 0.15) is 16.1 Å². The minimum Gasteiger partial charge on any atom is -0.335 e. The summed E-state index contributed by atoms with van der Waals surface area (Å²) >= 11 is 1.56. The van der Waals surface area contributed by atoms with Gasteiger partial charge in [-0.15, -0.1) is 24.5 Å². The van der Waals surface area contributed by atoms with Crippen molar-refractivity contribution in [2.75, 3.05) is 13.1 Å². The molecule has 5 nitrogen and oxygen atoms in total. The second-order valence-corrected chi connectivity index (χ2v) is 6.22. The van der Waals surface area contributed by atoms with E-state index in [0.29, 0.717) is 41.1 Å². The number of aromatic nitrogens is 2. The maximum atomic E-state index is 13.0. The molecule has 0 aliphatic heterocycles. The molecule has 0 saturated heterocycles. The van der Waals surface area contributed by atoms with Crippen LogP contribution in [0.25, 0.3) is 21.7 Å². The van der Waals surface area contributed by atoms with Crippen LogP contribution in [0, 0.1) is 6.92 Å². The molecule has 0 N–H and O–H groups in total. The number of thiophene rings is 1. The molecule has 3 heterocycles. The summed E-state index contributed by atoms with van der Waals surface area (Å²) in [6.45, 7) is 10.1. The molecule has 3 aromatic heterocycles. The van der Waals surface area contributed by atoms with E-state index in [1.807, 2.05) is 17.5 Å². The molecule has 3 aromatic rings. The molecule has 0 fully saturated rings. The molecule has 0 unspecified atom stereocenters. The van der Waals surface area contributed by atoms with Gasteiger partial charge in [0.25, 0.3) is 11.6 Å². The van der Waals surface area contributed by atoms with E-state index >= 15 is 0 Å². The van der Waals surface area contributed by atoms with Crippen LogP contribution in [-0.4, -0.2) is 34.0 Å². The van der Waals surface area contributed by atoms with Crippen LogP contribution in [0.5, 0.6) is 0 Å². The molecule has 122 valence electrons. The lowest BCUT2D eigenvalue weighted by Gasteiger charge is -2.20. The van der Waals surface area contributed by atoms with Crippen molar-refractivity contribution in [2.24, 2.45) is 0 Å². The Balaban J connectivity index is 2.17. The third-order valence-electron chi connectivity index (χ3n) is 3.61. The Hall–Kier alpha value is -2.73. The van der Waals surface area contributed by atoms with E-state index < -0.39 is 0 Å². The predicted octanol–water partition coefficient (Wildman–Crippen LogP) is 4.07. The fraction of sp³-hybridized carbons (Fsp3) is 0.167. The van der Waals surface area contributed by atoms with Crippen LogP contribution in [0.15, 0.2) is 53.4 Å². The van der Waals surface area contributed by atoms with E-state index in [1.54, 1.807) is 41.4 Å². The summed E-state index contributed by atoms with van der Waals surface area (Å²) in [5, 5.41) is 6.59. The third kappa shape index (κ3) is 2.88. The number of carbonyl (C=O) groups excluding carboxylic acids is 1. The van der Waals surface area contributed by atoms with Gasteiger partial charge in [0.1, 0.15) is 0 Å². The smallest absolute Gasteiger partial charge is 0.259 e. The summed E-state index contributed by atoms with van der Waals surface area (Å²) in [5.41, 5.74) is 2.26. The Bertz CT molecular complexity index is 887. The topological polar surface area (TPSA) is 59.2 Å². The second kappa shape index (κ2) is 6.80. The lowest BCUT2D eigenvalue weighted by atomic mass is 10.1. The molecule has 0 saturated carbocycles. The van der Waals surface area contributed by atoms with Crippen LogP contribution in [0.2, 0.25) is 0 Å². The summed E-state index contributed by atoms with van der Waals surface area (Å²) in [4.78, 5) is 20.2. The molecule has 3 rings (SSSR count). The van der Waals surface area contributed by atoms with Crippen molar-refractivity contribution < 1.29 is 9.32 Å². The average Bonchev–Trinajstić information content (AvgIpc) is 3.23. The van der Waals surface area contributed by atoms with Gasteiger partial charge in [0.2, 0.25) is 0 Å². The van der Waals surface area contributed by atoms with Crippen molar-refractivity contribution in [3.8, 4) is 10.6 Å². The lowest BCUT2D eigenvalue weighted by Crippen LogP contribution is -2.31. The fourth-order valence-corrected chi connectivity index (χ4v) is 3.22. The molecular formula is C18H17N3O2S. The fourth-order valence-electron chi connectivity index (χ4n) is 2.54. The monoisotopic (exact) mass is 339 g/mol. The standard InChI is InChI=1S/C18H17N3O2S/c1-4-8-21(9-5-2)18(22)13-11-14(15-7-6-10-24-15)19-17-16(13)12(3)20-23-17/h4-7,10-11H,1-2,8-9H2,3H3. The SMILES string of the molecule is C=CCN(CC=C)C(=O)c1cc(-c2cccs2)nc2onc(C)c12. The van der Waals surface area contributed by atoms with Crippen LogP contribution in [-0.2, 0) is 0 Å². The maximum Gasteiger partial charge on any atom is 0.259 e. The van der Waals surface area contributed by atoms with E-state index in [1.165, 1.54) is 0 Å². The summed E-state index contributed by atoms with van der Waals surface area (Å²) in [5.74, 6) is -0.119. The van der Waals surface area contributed by atoms with Crippen molar-refractivity contribution in [3.63, 3.8) is 0 Å². The van der Waals surface area contributed by atoms with Gasteiger partial charge in [0, 0.05) is 13.1 Å². The van der Waals surface area contributed by atoms with Gasteiger partial charge in [-0.05, 0) is 24.4 Å². The number of fused-ring (bicyclic) bond motifs is 1. The number of nitrogens with zero attached hydrogens (tertiary/aromatic N) is 3. The predicted molar refractivity (Wildman–Crippen MR) is 96.2 cm³/mol. The van der Waals surface area contributed by atoms with Gasteiger partial charge in [-0.2, -0.15) is 0 Å². The number of hydrogen-bond donors (Lipinski definition) is 0. The first-order chi connectivity index (χ1) is 11.7. The van der Waals surface area contributed by atoms with Crippen molar-refractivity contribution in [1.82, 2.24) is 15.0 Å². The number of rotatable bonds is 6. The largest absolute Gasteiger partial charge is 0.335 e. The molecule has 0 spiro atoms. The van der Waals surface area contributed by atoms with Gasteiger partial charge >= 0.3 is 0 Å². The molecular weight excluding hydrogens is 322 g/mol. The minimum atomic E-state index is -0.119. The van der Waals surface area contributed by atoms with Crippen molar-refractivity contribution in [2.45, 2.75) is 6.92 Å². The Morgan fingerprint density at radius 2 is 2.12 bits per heavy atom. The van der Waals surface area contributed by atoms with E-state index in [2.05, 4.69) is 23.3 Å². The van der Waals surface area contributed by atoms with Crippen molar-refractivity contribution >= 4 is 28.3 Å². The van der Waals surface area contributed by atoms with Gasteiger partial charge in [-0.1, -0.05) is 23.4 Å². The third-order valence-corrected chi connectivity index (χ3v) is 4.50. The van der Waals surface area contributed by atoms with E-state index in [9.17, 15) is 4.79 Å².